The molecule has 240 valence electrons. The van der Waals surface area contributed by atoms with Crippen molar-refractivity contribution in [2.24, 2.45) is 4.99 Å². The number of ether oxygens (including phenoxy) is 1. The number of methoxy groups -OCH3 is 1. The minimum atomic E-state index is -0.848. The molecular weight excluding hydrogens is 641 g/mol. The van der Waals surface area contributed by atoms with Gasteiger partial charge in [-0.15, -0.1) is 11.3 Å². The number of amidine groups is 1. The van der Waals surface area contributed by atoms with Gasteiger partial charge in [-0.2, -0.15) is 0 Å². The molecule has 1 N–H and O–H groups in total. The van der Waals surface area contributed by atoms with Crippen molar-refractivity contribution >= 4 is 46.5 Å². The van der Waals surface area contributed by atoms with Gasteiger partial charge in [0.1, 0.15) is 11.9 Å². The number of thiazole rings is 1. The lowest BCUT2D eigenvalue weighted by Crippen LogP contribution is -2.53. The molecule has 13 heteroatoms. The van der Waals surface area contributed by atoms with Gasteiger partial charge >= 0.3 is 12.0 Å². The van der Waals surface area contributed by atoms with Crippen molar-refractivity contribution in [2.45, 2.75) is 25.9 Å². The number of benzene rings is 2. The summed E-state index contributed by atoms with van der Waals surface area (Å²) in [5.74, 6) is 5.78. The van der Waals surface area contributed by atoms with Crippen LogP contribution >= 0.6 is 22.9 Å². The number of fused-ring (bicyclic) bond motifs is 1. The van der Waals surface area contributed by atoms with E-state index in [9.17, 15) is 14.0 Å². The van der Waals surface area contributed by atoms with Crippen LogP contribution in [-0.4, -0.2) is 89.9 Å². The summed E-state index contributed by atoms with van der Waals surface area (Å²) in [6.07, 6.45) is 1.67. The Balaban J connectivity index is 1.22. The van der Waals surface area contributed by atoms with Crippen LogP contribution < -0.4 is 5.32 Å². The number of amides is 2. The summed E-state index contributed by atoms with van der Waals surface area (Å²) in [6.45, 7) is 14.0. The van der Waals surface area contributed by atoms with Crippen molar-refractivity contribution < 1.29 is 18.7 Å². The zero-order valence-corrected chi connectivity index (χ0v) is 27.6. The molecule has 0 aliphatic carbocycles. The number of hydrogen-bond acceptors (Lipinski definition) is 8. The largest absolute Gasteiger partial charge is 0.466 e. The number of hydrogen-bond donors (Lipinski definition) is 1. The van der Waals surface area contributed by atoms with E-state index in [4.69, 9.17) is 27.9 Å². The van der Waals surface area contributed by atoms with E-state index in [2.05, 4.69) is 31.9 Å². The zero-order valence-electron chi connectivity index (χ0n) is 26.0. The highest BCUT2D eigenvalue weighted by Gasteiger charge is 2.41. The first kappa shape index (κ1) is 32.2. The SMILES string of the molecule is [C-]#[N+]c1cc(C)c(C#CCN2C[C@@H]3CN(CC4=C(C(=O)OC)[C@H](c5ccc(F)cc5Cl)N=C(c5nccs5)N4)CCN3C2=O)c(C)c1. The summed E-state index contributed by atoms with van der Waals surface area (Å²) in [4.78, 5) is 45.1. The number of piperazine rings is 1. The standard InChI is InChI=1S/C34H31ClFN7O3S/c1-20-14-23(37-3)15-21(2)25(20)6-5-10-42-18-24-17-41(11-12-43(24)34(42)45)19-28-29(33(44)46-4)30(26-8-7-22(36)16-27(26)35)40-31(39-28)32-38-9-13-47-32/h7-9,13-16,24,30H,10-12,17-19H2,1-2,4H3,(H,39,40)/t24-,30-/m0/s1. The molecule has 2 atom stereocenters. The zero-order chi connectivity index (χ0) is 33.2. The maximum atomic E-state index is 14.0. The normalized spacial score (nSPS) is 19.4. The molecule has 6 rings (SSSR count). The lowest BCUT2D eigenvalue weighted by molar-refractivity contribution is -0.136. The Morgan fingerprint density at radius 3 is 2.70 bits per heavy atom. The van der Waals surface area contributed by atoms with Crippen LogP contribution in [0.15, 0.2) is 58.2 Å². The second kappa shape index (κ2) is 13.5. The van der Waals surface area contributed by atoms with Gasteiger partial charge in [0.2, 0.25) is 0 Å². The van der Waals surface area contributed by atoms with Gasteiger partial charge < -0.3 is 19.9 Å². The second-order valence-corrected chi connectivity index (χ2v) is 12.8. The van der Waals surface area contributed by atoms with Gasteiger partial charge in [-0.05, 0) is 37.1 Å². The van der Waals surface area contributed by atoms with Gasteiger partial charge in [-0.25, -0.2) is 23.8 Å². The summed E-state index contributed by atoms with van der Waals surface area (Å²) in [5.41, 5.74) is 4.67. The number of urea groups is 1. The van der Waals surface area contributed by atoms with Crippen LogP contribution in [-0.2, 0) is 9.53 Å². The molecule has 2 saturated heterocycles. The fourth-order valence-electron chi connectivity index (χ4n) is 6.24. The number of halogens is 2. The summed E-state index contributed by atoms with van der Waals surface area (Å²) in [7, 11) is 1.31. The smallest absolute Gasteiger partial charge is 0.338 e. The van der Waals surface area contributed by atoms with E-state index >= 15 is 0 Å². The van der Waals surface area contributed by atoms with E-state index in [1.54, 1.807) is 11.1 Å². The Morgan fingerprint density at radius 1 is 1.23 bits per heavy atom. The summed E-state index contributed by atoms with van der Waals surface area (Å²) in [5, 5.41) is 5.94. The number of nitrogens with zero attached hydrogens (tertiary/aromatic N) is 6. The molecule has 0 saturated carbocycles. The number of carbonyl (C=O) groups excluding carboxylic acids is 2. The van der Waals surface area contributed by atoms with Crippen molar-refractivity contribution in [2.75, 3.05) is 46.4 Å². The van der Waals surface area contributed by atoms with Crippen molar-refractivity contribution in [1.29, 1.82) is 0 Å². The first-order chi connectivity index (χ1) is 22.7. The van der Waals surface area contributed by atoms with Gasteiger partial charge in [0, 0.05) is 66.1 Å². The van der Waals surface area contributed by atoms with E-state index in [0.717, 1.165) is 16.7 Å². The Bertz CT molecular complexity index is 1890. The molecule has 4 heterocycles. The van der Waals surface area contributed by atoms with Crippen LogP contribution in [0.2, 0.25) is 5.02 Å². The molecule has 10 nitrogen and oxygen atoms in total. The number of rotatable bonds is 6. The summed E-state index contributed by atoms with van der Waals surface area (Å²) in [6, 6.07) is 6.72. The van der Waals surface area contributed by atoms with Gasteiger partial charge in [0.25, 0.3) is 0 Å². The minimum Gasteiger partial charge on any atom is -0.466 e. The van der Waals surface area contributed by atoms with Gasteiger partial charge in [0.05, 0.1) is 31.8 Å². The number of nitrogens with one attached hydrogen (secondary N) is 1. The molecular formula is C34H31ClFN7O3S. The lowest BCUT2D eigenvalue weighted by Gasteiger charge is -2.38. The Labute approximate surface area is 281 Å². The lowest BCUT2D eigenvalue weighted by atomic mass is 9.95. The highest BCUT2D eigenvalue weighted by molar-refractivity contribution is 7.11. The molecule has 2 aromatic carbocycles. The number of esters is 1. The molecule has 2 fully saturated rings. The van der Waals surface area contributed by atoms with Gasteiger partial charge in [0.15, 0.2) is 16.5 Å². The molecule has 3 aromatic rings. The molecule has 3 aliphatic heterocycles. The maximum Gasteiger partial charge on any atom is 0.338 e. The Kier molecular flexibility index (Phi) is 9.28. The highest BCUT2D eigenvalue weighted by Crippen LogP contribution is 2.37. The van der Waals surface area contributed by atoms with Crippen molar-refractivity contribution in [3.63, 3.8) is 0 Å². The predicted octanol–water partition coefficient (Wildman–Crippen LogP) is 5.09. The van der Waals surface area contributed by atoms with Crippen LogP contribution in [0.1, 0.15) is 33.3 Å². The third-order valence-corrected chi connectivity index (χ3v) is 9.56. The summed E-state index contributed by atoms with van der Waals surface area (Å²) < 4.78 is 19.2. The monoisotopic (exact) mass is 671 g/mol. The van der Waals surface area contributed by atoms with E-state index in [1.165, 1.54) is 36.6 Å². The van der Waals surface area contributed by atoms with Crippen LogP contribution in [0, 0.1) is 38.1 Å². The fraction of sp³-hybridized carbons (Fsp3) is 0.324. The Hall–Kier alpha value is -4.75. The first-order valence-corrected chi connectivity index (χ1v) is 16.2. The topological polar surface area (TPSA) is 94.7 Å². The number of carbonyl (C=O) groups is 2. The van der Waals surface area contributed by atoms with Crippen molar-refractivity contribution in [3.05, 3.63) is 103 Å². The number of aryl methyl sites for hydroxylation is 2. The summed E-state index contributed by atoms with van der Waals surface area (Å²) >= 11 is 7.88. The molecule has 0 spiro atoms. The molecule has 47 heavy (non-hydrogen) atoms. The average Bonchev–Trinajstić information content (AvgIpc) is 3.70. The van der Waals surface area contributed by atoms with Crippen molar-refractivity contribution in [1.82, 2.24) is 25.0 Å². The molecule has 3 aliphatic rings. The number of aliphatic imine (C=N–C) groups is 1. The van der Waals surface area contributed by atoms with Crippen LogP contribution in [0.5, 0.6) is 0 Å². The molecule has 0 unspecified atom stereocenters. The van der Waals surface area contributed by atoms with E-state index in [0.29, 0.717) is 67.1 Å². The predicted molar refractivity (Wildman–Crippen MR) is 178 cm³/mol. The van der Waals surface area contributed by atoms with Crippen molar-refractivity contribution in [3.8, 4) is 11.8 Å². The van der Waals surface area contributed by atoms with Gasteiger partial charge in [-0.1, -0.05) is 41.6 Å². The maximum absolute atomic E-state index is 14.0. The Morgan fingerprint density at radius 2 is 2.02 bits per heavy atom. The van der Waals surface area contributed by atoms with E-state index in [-0.39, 0.29) is 22.7 Å². The van der Waals surface area contributed by atoms with E-state index in [1.807, 2.05) is 36.3 Å². The molecule has 1 aromatic heterocycles. The first-order valence-electron chi connectivity index (χ1n) is 14.9. The van der Waals surface area contributed by atoms with Crippen LogP contribution in [0.4, 0.5) is 14.9 Å². The highest BCUT2D eigenvalue weighted by atomic mass is 35.5. The third kappa shape index (κ3) is 6.58. The average molecular weight is 672 g/mol. The minimum absolute atomic E-state index is 0.0461. The van der Waals surface area contributed by atoms with Crippen LogP contribution in [0.25, 0.3) is 4.85 Å². The molecule has 2 amide bonds. The molecule has 0 radical (unpaired) electrons. The van der Waals surface area contributed by atoms with E-state index < -0.39 is 17.8 Å². The number of aromatic nitrogens is 1. The fourth-order valence-corrected chi connectivity index (χ4v) is 7.09. The molecule has 0 bridgehead atoms. The van der Waals surface area contributed by atoms with Crippen LogP contribution in [0.3, 0.4) is 0 Å². The van der Waals surface area contributed by atoms with Gasteiger partial charge in [-0.3, -0.25) is 9.89 Å². The quantitative estimate of drug-likeness (QED) is 0.223. The third-order valence-electron chi connectivity index (χ3n) is 8.45. The second-order valence-electron chi connectivity index (χ2n) is 11.5.